The Kier molecular flexibility index (Phi) is 10.5. The highest BCUT2D eigenvalue weighted by Gasteiger charge is 2.04. The van der Waals surface area contributed by atoms with Gasteiger partial charge in [0, 0.05) is 12.6 Å². The Balaban J connectivity index is -0.000000143. The summed E-state index contributed by atoms with van der Waals surface area (Å²) in [6.07, 6.45) is 0. The smallest absolute Gasteiger partial charge is 0.0594 e. The van der Waals surface area contributed by atoms with Gasteiger partial charge in [-0.15, -0.1) is 0 Å². The van der Waals surface area contributed by atoms with E-state index in [9.17, 15) is 0 Å². The third-order valence-electron chi connectivity index (χ3n) is 1.36. The lowest BCUT2D eigenvalue weighted by atomic mass is 10.1. The maximum absolute atomic E-state index is 4.94. The zero-order chi connectivity index (χ0) is 10.4. The molecule has 0 fully saturated rings. The summed E-state index contributed by atoms with van der Waals surface area (Å²) in [5.41, 5.74) is 0.333. The first-order chi connectivity index (χ1) is 5.12. The molecule has 0 aliphatic heterocycles. The van der Waals surface area contributed by atoms with Crippen molar-refractivity contribution in [2.24, 2.45) is 0 Å². The van der Waals surface area contributed by atoms with Crippen molar-refractivity contribution in [1.82, 2.24) is 5.32 Å². The predicted octanol–water partition coefficient (Wildman–Crippen LogP) is 3.07. The molecule has 0 aromatic carbocycles. The summed E-state index contributed by atoms with van der Waals surface area (Å²) in [6, 6.07) is 0. The number of hydrogen-bond donors (Lipinski definition) is 1. The van der Waals surface area contributed by atoms with Crippen molar-refractivity contribution in [3.8, 4) is 0 Å². The highest BCUT2D eigenvalue weighted by Crippen LogP contribution is 2.02. The molecule has 0 heterocycles. The molecule has 0 aromatic rings. The lowest BCUT2D eigenvalue weighted by molar-refractivity contribution is 0.0397. The maximum Gasteiger partial charge on any atom is 0.0594 e. The second kappa shape index (κ2) is 7.34. The summed E-state index contributed by atoms with van der Waals surface area (Å²) < 4.78 is 4.94. The SMILES string of the molecule is C.CNC(C)(C)C.COC(C)(C)C. The van der Waals surface area contributed by atoms with Crippen LogP contribution in [0.4, 0.5) is 0 Å². The van der Waals surface area contributed by atoms with Crippen LogP contribution in [0, 0.1) is 0 Å². The molecule has 0 aliphatic rings. The summed E-state index contributed by atoms with van der Waals surface area (Å²) in [7, 11) is 3.67. The Labute approximate surface area is 85.1 Å². The molecule has 0 bridgehead atoms. The average Bonchev–Trinajstić information content (AvgIpc) is 1.86. The summed E-state index contributed by atoms with van der Waals surface area (Å²) in [5, 5.41) is 3.10. The van der Waals surface area contributed by atoms with Crippen molar-refractivity contribution in [3.05, 3.63) is 0 Å². The number of ether oxygens (including phenoxy) is 1. The molecule has 2 heteroatoms. The van der Waals surface area contributed by atoms with Gasteiger partial charge < -0.3 is 10.1 Å². The maximum atomic E-state index is 4.94. The van der Waals surface area contributed by atoms with E-state index in [2.05, 4.69) is 26.1 Å². The Bertz CT molecular complexity index is 83.6. The Morgan fingerprint density at radius 2 is 1.08 bits per heavy atom. The molecule has 0 unspecified atom stereocenters. The van der Waals surface area contributed by atoms with Gasteiger partial charge in [0.25, 0.3) is 0 Å². The van der Waals surface area contributed by atoms with E-state index in [1.165, 1.54) is 0 Å². The molecule has 0 atom stereocenters. The second-order valence-corrected chi connectivity index (χ2v) is 4.82. The van der Waals surface area contributed by atoms with Gasteiger partial charge in [0.15, 0.2) is 0 Å². The van der Waals surface area contributed by atoms with Crippen molar-refractivity contribution >= 4 is 0 Å². The van der Waals surface area contributed by atoms with Crippen LogP contribution in [0.2, 0.25) is 0 Å². The van der Waals surface area contributed by atoms with Gasteiger partial charge in [-0.1, -0.05) is 7.43 Å². The van der Waals surface area contributed by atoms with Crippen molar-refractivity contribution in [2.75, 3.05) is 14.2 Å². The van der Waals surface area contributed by atoms with Gasteiger partial charge in [0.05, 0.1) is 5.60 Å². The van der Waals surface area contributed by atoms with E-state index in [1.54, 1.807) is 7.11 Å². The monoisotopic (exact) mass is 191 g/mol. The van der Waals surface area contributed by atoms with Crippen LogP contribution >= 0.6 is 0 Å². The van der Waals surface area contributed by atoms with Gasteiger partial charge in [0.1, 0.15) is 0 Å². The third kappa shape index (κ3) is 33.5. The van der Waals surface area contributed by atoms with Gasteiger partial charge in [-0.3, -0.25) is 0 Å². The Hall–Kier alpha value is -0.0800. The van der Waals surface area contributed by atoms with E-state index >= 15 is 0 Å². The Morgan fingerprint density at radius 3 is 1.08 bits per heavy atom. The number of methoxy groups -OCH3 is 1. The first kappa shape index (κ1) is 18.7. The fourth-order valence-corrected chi connectivity index (χ4v) is 0. The fourth-order valence-electron chi connectivity index (χ4n) is 0. The van der Waals surface area contributed by atoms with Crippen molar-refractivity contribution < 1.29 is 4.74 Å². The number of nitrogens with one attached hydrogen (secondary N) is 1. The standard InChI is InChI=1S/C5H13N.C5H12O.CH4/c2*1-5(2,3)6-4;/h6H,1-4H3;1-4H3;1H4. The van der Waals surface area contributed by atoms with E-state index in [0.717, 1.165) is 0 Å². The topological polar surface area (TPSA) is 21.3 Å². The summed E-state index contributed by atoms with van der Waals surface area (Å²) >= 11 is 0. The first-order valence-corrected chi connectivity index (χ1v) is 4.36. The van der Waals surface area contributed by atoms with Crippen LogP contribution in [0.15, 0.2) is 0 Å². The second-order valence-electron chi connectivity index (χ2n) is 4.82. The first-order valence-electron chi connectivity index (χ1n) is 4.36. The molecule has 84 valence electrons. The Morgan fingerprint density at radius 1 is 0.923 bits per heavy atom. The van der Waals surface area contributed by atoms with Crippen molar-refractivity contribution in [3.63, 3.8) is 0 Å². The quantitative estimate of drug-likeness (QED) is 0.635. The zero-order valence-corrected chi connectivity index (χ0v) is 9.91. The lowest BCUT2D eigenvalue weighted by Gasteiger charge is -2.15. The molecule has 13 heavy (non-hydrogen) atoms. The molecular weight excluding hydrogens is 162 g/mol. The highest BCUT2D eigenvalue weighted by molar-refractivity contribution is 4.65. The fraction of sp³-hybridized carbons (Fsp3) is 1.00. The van der Waals surface area contributed by atoms with Crippen LogP contribution < -0.4 is 5.32 Å². The molecule has 0 saturated carbocycles. The summed E-state index contributed by atoms with van der Waals surface area (Å²) in [4.78, 5) is 0. The summed E-state index contributed by atoms with van der Waals surface area (Å²) in [5.74, 6) is 0. The molecule has 0 amide bonds. The van der Waals surface area contributed by atoms with Gasteiger partial charge >= 0.3 is 0 Å². The minimum atomic E-state index is 0. The van der Waals surface area contributed by atoms with E-state index in [4.69, 9.17) is 4.74 Å². The van der Waals surface area contributed by atoms with Crippen LogP contribution in [-0.4, -0.2) is 25.3 Å². The molecule has 0 radical (unpaired) electrons. The van der Waals surface area contributed by atoms with Gasteiger partial charge in [-0.25, -0.2) is 0 Å². The van der Waals surface area contributed by atoms with Crippen molar-refractivity contribution in [1.29, 1.82) is 0 Å². The van der Waals surface area contributed by atoms with Crippen LogP contribution in [0.5, 0.6) is 0 Å². The number of rotatable bonds is 0. The minimum absolute atomic E-state index is 0. The largest absolute Gasteiger partial charge is 0.379 e. The van der Waals surface area contributed by atoms with Crippen molar-refractivity contribution in [2.45, 2.75) is 60.1 Å². The number of hydrogen-bond acceptors (Lipinski definition) is 2. The van der Waals surface area contributed by atoms with Crippen LogP contribution in [-0.2, 0) is 4.74 Å². The molecule has 1 N–H and O–H groups in total. The van der Waals surface area contributed by atoms with E-state index in [1.807, 2.05) is 27.8 Å². The molecule has 0 aromatic heterocycles. The molecule has 0 aliphatic carbocycles. The van der Waals surface area contributed by atoms with Gasteiger partial charge in [-0.05, 0) is 48.6 Å². The van der Waals surface area contributed by atoms with Crippen LogP contribution in [0.1, 0.15) is 49.0 Å². The van der Waals surface area contributed by atoms with E-state index < -0.39 is 0 Å². The molecule has 2 nitrogen and oxygen atoms in total. The molecule has 0 spiro atoms. The molecule has 0 saturated heterocycles. The predicted molar refractivity (Wildman–Crippen MR) is 62.3 cm³/mol. The molecule has 0 rings (SSSR count). The average molecular weight is 191 g/mol. The lowest BCUT2D eigenvalue weighted by Crippen LogP contribution is -2.31. The van der Waals surface area contributed by atoms with Crippen LogP contribution in [0.25, 0.3) is 0 Å². The normalized spacial score (nSPS) is 11.1. The third-order valence-corrected chi connectivity index (χ3v) is 1.36. The molecular formula is C11H29NO. The minimum Gasteiger partial charge on any atom is -0.379 e. The van der Waals surface area contributed by atoms with E-state index in [0.29, 0.717) is 5.54 Å². The summed E-state index contributed by atoms with van der Waals surface area (Å²) in [6.45, 7) is 12.5. The van der Waals surface area contributed by atoms with E-state index in [-0.39, 0.29) is 13.0 Å². The highest BCUT2D eigenvalue weighted by atomic mass is 16.5. The zero-order valence-electron chi connectivity index (χ0n) is 9.91. The van der Waals surface area contributed by atoms with Gasteiger partial charge in [0.2, 0.25) is 0 Å². The van der Waals surface area contributed by atoms with Crippen LogP contribution in [0.3, 0.4) is 0 Å². The van der Waals surface area contributed by atoms with Gasteiger partial charge in [-0.2, -0.15) is 0 Å².